The molecule has 0 amide bonds. The molecule has 0 bridgehead atoms. The third-order valence-corrected chi connectivity index (χ3v) is 1.73. The second kappa shape index (κ2) is 4.55. The molecule has 0 saturated carbocycles. The lowest BCUT2D eigenvalue weighted by Crippen LogP contribution is -2.18. The van der Waals surface area contributed by atoms with Crippen LogP contribution in [0.15, 0.2) is 12.1 Å². The first-order valence-corrected chi connectivity index (χ1v) is 4.46. The van der Waals surface area contributed by atoms with Crippen LogP contribution in [0.5, 0.6) is 11.8 Å². The van der Waals surface area contributed by atoms with Crippen molar-refractivity contribution in [3.63, 3.8) is 0 Å². The molecule has 0 unspecified atom stereocenters. The summed E-state index contributed by atoms with van der Waals surface area (Å²) in [6, 6.07) is 2.48. The Labute approximate surface area is 81.5 Å². The largest absolute Gasteiger partial charge is 0.492 e. The summed E-state index contributed by atoms with van der Waals surface area (Å²) in [6.45, 7) is 1.96. The van der Waals surface area contributed by atoms with Crippen molar-refractivity contribution in [3.05, 3.63) is 12.1 Å². The fourth-order valence-electron chi connectivity index (χ4n) is 0.964. The number of hydrogen-bond acceptors (Lipinski definition) is 4. The van der Waals surface area contributed by atoms with Crippen LogP contribution in [-0.4, -0.2) is 20.9 Å². The minimum Gasteiger partial charge on any atom is -0.492 e. The Bertz CT molecular complexity index is 299. The quantitative estimate of drug-likeness (QED) is 0.760. The summed E-state index contributed by atoms with van der Waals surface area (Å²) < 4.78 is 0.692. The van der Waals surface area contributed by atoms with Crippen LogP contribution >= 0.6 is 0 Å². The summed E-state index contributed by atoms with van der Waals surface area (Å²) in [5.74, 6) is -1.08. The maximum absolute atomic E-state index is 11.1. The molecular weight excluding hydrogens is 186 g/mol. The Morgan fingerprint density at radius 2 is 2.00 bits per heavy atom. The van der Waals surface area contributed by atoms with Crippen molar-refractivity contribution >= 4 is 5.97 Å². The molecule has 1 aromatic heterocycles. The number of unbranched alkanes of at least 4 members (excludes halogenated alkanes) is 1. The molecule has 14 heavy (non-hydrogen) atoms. The molecule has 0 fully saturated rings. The summed E-state index contributed by atoms with van der Waals surface area (Å²) in [4.78, 5) is 15.8. The number of aromatic hydroxyl groups is 2. The molecule has 0 radical (unpaired) electrons. The van der Waals surface area contributed by atoms with Crippen LogP contribution in [-0.2, 0) is 4.79 Å². The molecule has 0 atom stereocenters. The molecule has 5 nitrogen and oxygen atoms in total. The highest BCUT2D eigenvalue weighted by molar-refractivity contribution is 5.69. The molecule has 78 valence electrons. The van der Waals surface area contributed by atoms with E-state index in [-0.39, 0.29) is 18.2 Å². The van der Waals surface area contributed by atoms with E-state index in [1.54, 1.807) is 0 Å². The second-order valence-electron chi connectivity index (χ2n) is 2.91. The van der Waals surface area contributed by atoms with Gasteiger partial charge in [-0.05, 0) is 6.42 Å². The zero-order valence-corrected chi connectivity index (χ0v) is 7.93. The van der Waals surface area contributed by atoms with E-state index in [1.807, 2.05) is 6.92 Å². The lowest BCUT2D eigenvalue weighted by molar-refractivity contribution is -0.145. The zero-order valence-electron chi connectivity index (χ0n) is 7.93. The average molecular weight is 199 g/mol. The number of carbonyl (C=O) groups is 1. The Kier molecular flexibility index (Phi) is 3.39. The maximum Gasteiger partial charge on any atom is 0.333 e. The number of nitrogens with zero attached hydrogens (tertiary/aromatic N) is 1. The van der Waals surface area contributed by atoms with Gasteiger partial charge in [0.1, 0.15) is 0 Å². The van der Waals surface area contributed by atoms with Gasteiger partial charge in [0.05, 0.1) is 0 Å². The van der Waals surface area contributed by atoms with E-state index in [9.17, 15) is 4.79 Å². The Balaban J connectivity index is 2.55. The number of aromatic nitrogens is 1. The Morgan fingerprint density at radius 3 is 2.50 bits per heavy atom. The molecule has 1 rings (SSSR count). The van der Waals surface area contributed by atoms with Crippen molar-refractivity contribution in [2.24, 2.45) is 0 Å². The van der Waals surface area contributed by atoms with Crippen LogP contribution in [0.4, 0.5) is 0 Å². The molecule has 5 heteroatoms. The minimum absolute atomic E-state index is 0.271. The molecule has 0 aliphatic heterocycles. The van der Waals surface area contributed by atoms with Crippen molar-refractivity contribution in [1.29, 1.82) is 0 Å². The van der Waals surface area contributed by atoms with Gasteiger partial charge in [-0.15, -0.1) is 4.73 Å². The maximum atomic E-state index is 11.1. The SMILES string of the molecule is CCCCC(=O)On1c(O)ccc1O. The zero-order chi connectivity index (χ0) is 10.6. The van der Waals surface area contributed by atoms with E-state index in [4.69, 9.17) is 15.1 Å². The predicted octanol–water partition coefficient (Wildman–Crippen LogP) is 1.04. The smallest absolute Gasteiger partial charge is 0.333 e. The molecule has 0 saturated heterocycles. The average Bonchev–Trinajstić information content (AvgIpc) is 2.46. The van der Waals surface area contributed by atoms with E-state index in [0.29, 0.717) is 4.73 Å². The van der Waals surface area contributed by atoms with Crippen molar-refractivity contribution < 1.29 is 19.8 Å². The highest BCUT2D eigenvalue weighted by Crippen LogP contribution is 2.18. The normalized spacial score (nSPS) is 10.1. The first-order chi connectivity index (χ1) is 6.65. The summed E-state index contributed by atoms with van der Waals surface area (Å²) in [6.07, 6.45) is 1.88. The number of hydrogen-bond donors (Lipinski definition) is 2. The number of carbonyl (C=O) groups excluding carboxylic acids is 1. The van der Waals surface area contributed by atoms with Gasteiger partial charge in [-0.25, -0.2) is 4.79 Å². The van der Waals surface area contributed by atoms with Crippen LogP contribution in [0.2, 0.25) is 0 Å². The van der Waals surface area contributed by atoms with E-state index in [0.717, 1.165) is 12.8 Å². The fraction of sp³-hybridized carbons (Fsp3) is 0.444. The number of rotatable bonds is 4. The summed E-state index contributed by atoms with van der Waals surface area (Å²) in [7, 11) is 0. The first-order valence-electron chi connectivity index (χ1n) is 4.46. The van der Waals surface area contributed by atoms with E-state index in [1.165, 1.54) is 12.1 Å². The molecule has 0 aromatic carbocycles. The molecule has 2 N–H and O–H groups in total. The second-order valence-corrected chi connectivity index (χ2v) is 2.91. The standard InChI is InChI=1S/C9H13NO4/c1-2-3-4-9(13)14-10-7(11)5-6-8(10)12/h5-6,11-12H,2-4H2,1H3. The van der Waals surface area contributed by atoms with Gasteiger partial charge in [0.2, 0.25) is 11.8 Å². The van der Waals surface area contributed by atoms with Crippen molar-refractivity contribution in [2.75, 3.05) is 0 Å². The highest BCUT2D eigenvalue weighted by Gasteiger charge is 2.11. The van der Waals surface area contributed by atoms with E-state index >= 15 is 0 Å². The van der Waals surface area contributed by atoms with Gasteiger partial charge in [0.15, 0.2) is 0 Å². The fourth-order valence-corrected chi connectivity index (χ4v) is 0.964. The van der Waals surface area contributed by atoms with Gasteiger partial charge in [0, 0.05) is 18.6 Å². The third-order valence-electron chi connectivity index (χ3n) is 1.73. The van der Waals surface area contributed by atoms with Crippen LogP contribution in [0.3, 0.4) is 0 Å². The monoisotopic (exact) mass is 199 g/mol. The van der Waals surface area contributed by atoms with Gasteiger partial charge in [0.25, 0.3) is 0 Å². The van der Waals surface area contributed by atoms with Gasteiger partial charge >= 0.3 is 5.97 Å². The molecule has 1 heterocycles. The molecule has 0 aliphatic carbocycles. The highest BCUT2D eigenvalue weighted by atomic mass is 16.7. The Morgan fingerprint density at radius 1 is 1.43 bits per heavy atom. The van der Waals surface area contributed by atoms with Crippen molar-refractivity contribution in [2.45, 2.75) is 26.2 Å². The molecule has 0 aliphatic rings. The predicted molar refractivity (Wildman–Crippen MR) is 48.9 cm³/mol. The van der Waals surface area contributed by atoms with Gasteiger partial charge < -0.3 is 15.1 Å². The lowest BCUT2D eigenvalue weighted by atomic mass is 10.3. The molecule has 1 aromatic rings. The topological polar surface area (TPSA) is 71.7 Å². The summed E-state index contributed by atoms with van der Waals surface area (Å²) >= 11 is 0. The van der Waals surface area contributed by atoms with Gasteiger partial charge in [-0.3, -0.25) is 0 Å². The minimum atomic E-state index is -0.478. The molecular formula is C9H13NO4. The van der Waals surface area contributed by atoms with E-state index < -0.39 is 5.97 Å². The van der Waals surface area contributed by atoms with Gasteiger partial charge in [-0.2, -0.15) is 0 Å². The lowest BCUT2D eigenvalue weighted by Gasteiger charge is -2.05. The third kappa shape index (κ3) is 2.42. The van der Waals surface area contributed by atoms with Crippen LogP contribution in [0.1, 0.15) is 26.2 Å². The van der Waals surface area contributed by atoms with Crippen molar-refractivity contribution in [3.8, 4) is 11.8 Å². The summed E-state index contributed by atoms with van der Waals surface area (Å²) in [5, 5.41) is 18.3. The van der Waals surface area contributed by atoms with Crippen LogP contribution in [0, 0.1) is 0 Å². The molecule has 0 spiro atoms. The van der Waals surface area contributed by atoms with Crippen molar-refractivity contribution in [1.82, 2.24) is 4.73 Å². The van der Waals surface area contributed by atoms with Gasteiger partial charge in [-0.1, -0.05) is 13.3 Å². The summed E-state index contributed by atoms with van der Waals surface area (Å²) in [5.41, 5.74) is 0. The van der Waals surface area contributed by atoms with Crippen LogP contribution in [0.25, 0.3) is 0 Å². The van der Waals surface area contributed by atoms with E-state index in [2.05, 4.69) is 0 Å². The first kappa shape index (κ1) is 10.4. The van der Waals surface area contributed by atoms with Crippen LogP contribution < -0.4 is 4.84 Å². The Hall–Kier alpha value is -1.65.